The number of aryl methyl sites for hydroxylation is 2. The van der Waals surface area contributed by atoms with Gasteiger partial charge in [0, 0.05) is 0 Å². The van der Waals surface area contributed by atoms with E-state index in [0.29, 0.717) is 16.1 Å². The molecule has 33 heavy (non-hydrogen) atoms. The monoisotopic (exact) mass is 461 g/mol. The van der Waals surface area contributed by atoms with Crippen molar-refractivity contribution in [2.24, 2.45) is 0 Å². The fraction of sp³-hybridized carbons (Fsp3) is 0.192. The average molecular weight is 462 g/mol. The van der Waals surface area contributed by atoms with Crippen LogP contribution in [0.2, 0.25) is 0 Å². The Kier molecular flexibility index (Phi) is 6.60. The number of thioether (sulfide) groups is 1. The Bertz CT molecular complexity index is 1360. The summed E-state index contributed by atoms with van der Waals surface area (Å²) in [7, 11) is 0. The van der Waals surface area contributed by atoms with Crippen molar-refractivity contribution in [1.29, 1.82) is 0 Å². The van der Waals surface area contributed by atoms with Crippen LogP contribution in [-0.2, 0) is 4.79 Å². The largest absolute Gasteiger partial charge is 0.349 e. The van der Waals surface area contributed by atoms with Crippen LogP contribution in [-0.4, -0.2) is 21.2 Å². The van der Waals surface area contributed by atoms with Crippen LogP contribution in [0, 0.1) is 19.7 Å². The Hall–Kier alpha value is -3.45. The molecule has 0 aliphatic heterocycles. The fourth-order valence-corrected chi connectivity index (χ4v) is 4.62. The van der Waals surface area contributed by atoms with E-state index in [4.69, 9.17) is 4.98 Å². The molecular weight excluding hydrogens is 437 g/mol. The highest BCUT2D eigenvalue weighted by Crippen LogP contribution is 2.25. The van der Waals surface area contributed by atoms with Gasteiger partial charge in [-0.05, 0) is 61.7 Å². The van der Waals surface area contributed by atoms with Gasteiger partial charge in [-0.25, -0.2) is 9.37 Å². The number of halogens is 1. The van der Waals surface area contributed by atoms with Crippen molar-refractivity contribution >= 4 is 28.6 Å². The number of nitrogens with zero attached hydrogens (tertiary/aromatic N) is 2. The molecule has 0 aliphatic carbocycles. The zero-order chi connectivity index (χ0) is 23.5. The van der Waals surface area contributed by atoms with E-state index >= 15 is 0 Å². The molecule has 1 amide bonds. The second-order valence-electron chi connectivity index (χ2n) is 7.92. The van der Waals surface area contributed by atoms with Gasteiger partial charge in [-0.3, -0.25) is 14.2 Å². The first kappa shape index (κ1) is 22.7. The number of amides is 1. The molecule has 0 spiro atoms. The van der Waals surface area contributed by atoms with Gasteiger partial charge >= 0.3 is 0 Å². The Morgan fingerprint density at radius 1 is 1.03 bits per heavy atom. The van der Waals surface area contributed by atoms with Crippen LogP contribution in [0.15, 0.2) is 76.7 Å². The normalized spacial score (nSPS) is 12.0. The number of hydrogen-bond acceptors (Lipinski definition) is 4. The number of carbonyl (C=O) groups excluding carboxylic acids is 1. The summed E-state index contributed by atoms with van der Waals surface area (Å²) in [4.78, 5) is 30.9. The minimum Gasteiger partial charge on any atom is -0.349 e. The molecule has 0 aliphatic rings. The van der Waals surface area contributed by atoms with Gasteiger partial charge < -0.3 is 5.32 Å². The quantitative estimate of drug-likeness (QED) is 0.320. The lowest BCUT2D eigenvalue weighted by atomic mass is 10.1. The first-order valence-electron chi connectivity index (χ1n) is 10.6. The molecule has 168 valence electrons. The molecule has 0 bridgehead atoms. The summed E-state index contributed by atoms with van der Waals surface area (Å²) in [5, 5.41) is 3.91. The van der Waals surface area contributed by atoms with E-state index in [0.717, 1.165) is 22.4 Å². The highest BCUT2D eigenvalue weighted by molar-refractivity contribution is 7.99. The molecule has 4 rings (SSSR count). The molecule has 0 saturated heterocycles. The molecule has 1 unspecified atom stereocenters. The first-order chi connectivity index (χ1) is 15.8. The van der Waals surface area contributed by atoms with Crippen LogP contribution >= 0.6 is 11.8 Å². The molecule has 0 fully saturated rings. The van der Waals surface area contributed by atoms with Gasteiger partial charge in [-0.1, -0.05) is 54.2 Å². The zero-order valence-electron chi connectivity index (χ0n) is 18.6. The summed E-state index contributed by atoms with van der Waals surface area (Å²) in [6.07, 6.45) is 0. The van der Waals surface area contributed by atoms with E-state index in [2.05, 4.69) is 5.32 Å². The van der Waals surface area contributed by atoms with Crippen LogP contribution in [0.5, 0.6) is 0 Å². The molecule has 0 saturated carbocycles. The SMILES string of the molecule is Cc1cccc(C)c1-n1c(SCC(=O)NC(C)c2ccc(F)cc2)nc2ccccc2c1=O. The molecule has 1 heterocycles. The van der Waals surface area contributed by atoms with E-state index in [1.165, 1.54) is 23.9 Å². The maximum atomic E-state index is 13.5. The lowest BCUT2D eigenvalue weighted by Crippen LogP contribution is -2.29. The van der Waals surface area contributed by atoms with Crippen LogP contribution in [0.25, 0.3) is 16.6 Å². The predicted octanol–water partition coefficient (Wildman–Crippen LogP) is 5.11. The summed E-state index contributed by atoms with van der Waals surface area (Å²) >= 11 is 1.22. The third-order valence-corrected chi connectivity index (χ3v) is 6.43. The number of rotatable bonds is 6. The van der Waals surface area contributed by atoms with E-state index in [1.54, 1.807) is 28.8 Å². The number of hydrogen-bond donors (Lipinski definition) is 1. The highest BCUT2D eigenvalue weighted by atomic mass is 32.2. The topological polar surface area (TPSA) is 64.0 Å². The van der Waals surface area contributed by atoms with Crippen molar-refractivity contribution in [2.75, 3.05) is 5.75 Å². The third-order valence-electron chi connectivity index (χ3n) is 5.49. The Morgan fingerprint density at radius 2 is 1.70 bits per heavy atom. The maximum Gasteiger partial charge on any atom is 0.266 e. The maximum absolute atomic E-state index is 13.5. The molecule has 1 N–H and O–H groups in total. The van der Waals surface area contributed by atoms with Crippen LogP contribution < -0.4 is 10.9 Å². The number of aromatic nitrogens is 2. The van der Waals surface area contributed by atoms with Gasteiger partial charge in [0.1, 0.15) is 5.82 Å². The summed E-state index contributed by atoms with van der Waals surface area (Å²) in [5.41, 5.74) is 3.92. The van der Waals surface area contributed by atoms with Crippen LogP contribution in [0.4, 0.5) is 4.39 Å². The van der Waals surface area contributed by atoms with E-state index in [9.17, 15) is 14.0 Å². The highest BCUT2D eigenvalue weighted by Gasteiger charge is 2.18. The summed E-state index contributed by atoms with van der Waals surface area (Å²) in [6.45, 7) is 5.75. The molecule has 1 aromatic heterocycles. The molecule has 7 heteroatoms. The summed E-state index contributed by atoms with van der Waals surface area (Å²) < 4.78 is 14.8. The molecule has 4 aromatic rings. The summed E-state index contributed by atoms with van der Waals surface area (Å²) in [5.74, 6) is -0.437. The lowest BCUT2D eigenvalue weighted by molar-refractivity contribution is -0.119. The second-order valence-corrected chi connectivity index (χ2v) is 8.86. The molecule has 0 radical (unpaired) electrons. The van der Waals surface area contributed by atoms with Crippen molar-refractivity contribution in [3.8, 4) is 5.69 Å². The van der Waals surface area contributed by atoms with Gasteiger partial charge in [0.15, 0.2) is 5.16 Å². The standard InChI is InChI=1S/C26H24FN3O2S/c1-16-7-6-8-17(2)24(16)30-25(32)21-9-4-5-10-22(21)29-26(30)33-15-23(31)28-18(3)19-11-13-20(27)14-12-19/h4-14,18H,15H2,1-3H3,(H,28,31). The van der Waals surface area contributed by atoms with Gasteiger partial charge in [0.2, 0.25) is 5.91 Å². The van der Waals surface area contributed by atoms with Crippen LogP contribution in [0.3, 0.4) is 0 Å². The molecule has 1 atom stereocenters. The van der Waals surface area contributed by atoms with E-state index in [-0.39, 0.29) is 29.1 Å². The minimum atomic E-state index is -0.320. The number of carbonyl (C=O) groups is 1. The predicted molar refractivity (Wildman–Crippen MR) is 130 cm³/mol. The van der Waals surface area contributed by atoms with Gasteiger partial charge in [-0.15, -0.1) is 0 Å². The minimum absolute atomic E-state index is 0.0846. The van der Waals surface area contributed by atoms with E-state index < -0.39 is 0 Å². The zero-order valence-corrected chi connectivity index (χ0v) is 19.4. The average Bonchev–Trinajstić information content (AvgIpc) is 2.79. The molecular formula is C26H24FN3O2S. The van der Waals surface area contributed by atoms with Crippen molar-refractivity contribution in [1.82, 2.24) is 14.9 Å². The van der Waals surface area contributed by atoms with Crippen molar-refractivity contribution in [3.05, 3.63) is 99.6 Å². The van der Waals surface area contributed by atoms with Crippen molar-refractivity contribution in [3.63, 3.8) is 0 Å². The van der Waals surface area contributed by atoms with Crippen molar-refractivity contribution < 1.29 is 9.18 Å². The van der Waals surface area contributed by atoms with Gasteiger partial charge in [0.25, 0.3) is 5.56 Å². The number of nitrogens with one attached hydrogen (secondary N) is 1. The van der Waals surface area contributed by atoms with Gasteiger partial charge in [-0.2, -0.15) is 0 Å². The Labute approximate surface area is 195 Å². The van der Waals surface area contributed by atoms with Crippen molar-refractivity contribution in [2.45, 2.75) is 32.0 Å². The Balaban J connectivity index is 1.65. The summed E-state index contributed by atoms with van der Waals surface area (Å²) in [6, 6.07) is 18.8. The smallest absolute Gasteiger partial charge is 0.266 e. The number of fused-ring (bicyclic) bond motifs is 1. The number of benzene rings is 3. The fourth-order valence-electron chi connectivity index (χ4n) is 3.81. The van der Waals surface area contributed by atoms with Gasteiger partial charge in [0.05, 0.1) is 28.4 Å². The Morgan fingerprint density at radius 3 is 2.39 bits per heavy atom. The third kappa shape index (κ3) is 4.83. The second kappa shape index (κ2) is 9.58. The van der Waals surface area contributed by atoms with Crippen LogP contribution in [0.1, 0.15) is 29.7 Å². The lowest BCUT2D eigenvalue weighted by Gasteiger charge is -2.18. The molecule has 3 aromatic carbocycles. The molecule has 5 nitrogen and oxygen atoms in total. The number of para-hydroxylation sites is 2. The van der Waals surface area contributed by atoms with E-state index in [1.807, 2.05) is 51.1 Å². The first-order valence-corrected chi connectivity index (χ1v) is 11.6.